The van der Waals surface area contributed by atoms with E-state index in [1.165, 1.54) is 0 Å². The number of carboxylic acids is 1. The molecule has 0 aromatic carbocycles. The van der Waals surface area contributed by atoms with Gasteiger partial charge in [0.15, 0.2) is 0 Å². The van der Waals surface area contributed by atoms with Gasteiger partial charge in [-0.3, -0.25) is 0 Å². The number of rotatable bonds is 2. The van der Waals surface area contributed by atoms with E-state index in [0.717, 1.165) is 11.3 Å². The molecule has 1 aromatic rings. The molecule has 0 bridgehead atoms. The van der Waals surface area contributed by atoms with Crippen LogP contribution >= 0.6 is 11.6 Å². The first-order chi connectivity index (χ1) is 7.13. The Kier molecular flexibility index (Phi) is 2.57. The summed E-state index contributed by atoms with van der Waals surface area (Å²) in [4.78, 5) is 11.0. The molecule has 4 heteroatoms. The Bertz CT molecular complexity index is 434. The van der Waals surface area contributed by atoms with E-state index < -0.39 is 5.97 Å². The number of halogens is 1. The predicted molar refractivity (Wildman–Crippen MR) is 59.4 cm³/mol. The van der Waals surface area contributed by atoms with Crippen molar-refractivity contribution in [1.29, 1.82) is 0 Å². The summed E-state index contributed by atoms with van der Waals surface area (Å²) < 4.78 is 1.80. The van der Waals surface area contributed by atoms with Crippen LogP contribution in [0.1, 0.15) is 28.7 Å². The van der Waals surface area contributed by atoms with E-state index in [1.54, 1.807) is 10.6 Å². The van der Waals surface area contributed by atoms with Gasteiger partial charge >= 0.3 is 5.97 Å². The van der Waals surface area contributed by atoms with Gasteiger partial charge in [0.25, 0.3) is 0 Å². The first kappa shape index (κ1) is 10.3. The molecule has 1 aliphatic rings. The monoisotopic (exact) mass is 225 g/mol. The third-order valence-corrected chi connectivity index (χ3v) is 2.93. The molecule has 1 heterocycles. The molecule has 0 amide bonds. The number of carboxylic acid groups (broad SMARTS) is 1. The van der Waals surface area contributed by atoms with Crippen LogP contribution in [0.5, 0.6) is 0 Å². The fourth-order valence-corrected chi connectivity index (χ4v) is 2.21. The number of fused-ring (bicyclic) bond motifs is 1. The Balaban J connectivity index is 2.55. The van der Waals surface area contributed by atoms with Crippen molar-refractivity contribution in [3.63, 3.8) is 0 Å². The molecule has 1 unspecified atom stereocenters. The van der Waals surface area contributed by atoms with Crippen LogP contribution in [0.4, 0.5) is 0 Å². The van der Waals surface area contributed by atoms with Gasteiger partial charge in [-0.15, -0.1) is 11.6 Å². The standard InChI is InChI=1S/C11H12ClNO2/c1-2-13-9-4-3-8(12)5-7(9)6-10(13)11(14)15/h3-4,6,8H,2,5H2,1H3,(H,14,15). The summed E-state index contributed by atoms with van der Waals surface area (Å²) in [5.41, 5.74) is 2.35. The van der Waals surface area contributed by atoms with Gasteiger partial charge in [-0.25, -0.2) is 4.79 Å². The molecule has 0 saturated heterocycles. The Morgan fingerprint density at radius 1 is 1.73 bits per heavy atom. The molecule has 0 spiro atoms. The number of hydrogen-bond donors (Lipinski definition) is 1. The summed E-state index contributed by atoms with van der Waals surface area (Å²) in [6.07, 6.45) is 4.52. The largest absolute Gasteiger partial charge is 0.477 e. The molecule has 1 atom stereocenters. The first-order valence-electron chi connectivity index (χ1n) is 4.91. The van der Waals surface area contributed by atoms with Crippen LogP contribution in [0, 0.1) is 0 Å². The maximum Gasteiger partial charge on any atom is 0.352 e. The minimum Gasteiger partial charge on any atom is -0.477 e. The second kappa shape index (κ2) is 3.74. The molecule has 1 aliphatic carbocycles. The number of nitrogens with zero attached hydrogens (tertiary/aromatic N) is 1. The third-order valence-electron chi connectivity index (χ3n) is 2.63. The summed E-state index contributed by atoms with van der Waals surface area (Å²) in [6, 6.07) is 1.72. The Hall–Kier alpha value is -1.22. The molecule has 0 fully saturated rings. The van der Waals surface area contributed by atoms with Crippen molar-refractivity contribution in [2.24, 2.45) is 0 Å². The maximum atomic E-state index is 11.0. The molecular formula is C11H12ClNO2. The lowest BCUT2D eigenvalue weighted by atomic mass is 10.0. The molecule has 80 valence electrons. The molecule has 1 aromatic heterocycles. The SMILES string of the molecule is CCn1c(C(=O)O)cc2c1C=CC(Cl)C2. The summed E-state index contributed by atoms with van der Waals surface area (Å²) in [5, 5.41) is 9.01. The number of allylic oxidation sites excluding steroid dienone is 1. The van der Waals surface area contributed by atoms with Crippen molar-refractivity contribution in [1.82, 2.24) is 4.57 Å². The number of alkyl halides is 1. The summed E-state index contributed by atoms with van der Waals surface area (Å²) in [6.45, 7) is 2.60. The van der Waals surface area contributed by atoms with Gasteiger partial charge in [0.05, 0.1) is 5.38 Å². The quantitative estimate of drug-likeness (QED) is 0.786. The molecule has 3 nitrogen and oxygen atoms in total. The van der Waals surface area contributed by atoms with Gasteiger partial charge < -0.3 is 9.67 Å². The average molecular weight is 226 g/mol. The van der Waals surface area contributed by atoms with Crippen molar-refractivity contribution in [2.45, 2.75) is 25.3 Å². The first-order valence-corrected chi connectivity index (χ1v) is 5.35. The van der Waals surface area contributed by atoms with Crippen molar-refractivity contribution in [3.8, 4) is 0 Å². The van der Waals surface area contributed by atoms with Crippen molar-refractivity contribution in [3.05, 3.63) is 29.1 Å². The second-order valence-corrected chi connectivity index (χ2v) is 4.13. The highest BCUT2D eigenvalue weighted by Crippen LogP contribution is 2.25. The van der Waals surface area contributed by atoms with E-state index in [-0.39, 0.29) is 5.38 Å². The minimum absolute atomic E-state index is 0.0214. The molecule has 0 aliphatic heterocycles. The van der Waals surface area contributed by atoms with Gasteiger partial charge in [0.2, 0.25) is 0 Å². The number of aromatic carboxylic acids is 1. The zero-order valence-corrected chi connectivity index (χ0v) is 9.16. The predicted octanol–water partition coefficient (Wildman–Crippen LogP) is 2.38. The molecule has 2 rings (SSSR count). The van der Waals surface area contributed by atoms with Crippen LogP contribution in [-0.4, -0.2) is 21.0 Å². The van der Waals surface area contributed by atoms with Crippen LogP contribution in [-0.2, 0) is 13.0 Å². The zero-order chi connectivity index (χ0) is 11.0. The Morgan fingerprint density at radius 2 is 2.47 bits per heavy atom. The number of carbonyl (C=O) groups is 1. The van der Waals surface area contributed by atoms with Crippen LogP contribution in [0.2, 0.25) is 0 Å². The summed E-state index contributed by atoms with van der Waals surface area (Å²) in [5.74, 6) is -0.884. The lowest BCUT2D eigenvalue weighted by Crippen LogP contribution is -2.10. The zero-order valence-electron chi connectivity index (χ0n) is 8.40. The van der Waals surface area contributed by atoms with E-state index in [4.69, 9.17) is 16.7 Å². The van der Waals surface area contributed by atoms with Crippen molar-refractivity contribution >= 4 is 23.6 Å². The number of hydrogen-bond acceptors (Lipinski definition) is 1. The molecule has 1 N–H and O–H groups in total. The van der Waals surface area contributed by atoms with Gasteiger partial charge in [-0.1, -0.05) is 6.08 Å². The van der Waals surface area contributed by atoms with E-state index in [2.05, 4.69) is 0 Å². The summed E-state index contributed by atoms with van der Waals surface area (Å²) in [7, 11) is 0. The van der Waals surface area contributed by atoms with Gasteiger partial charge in [0.1, 0.15) is 5.69 Å². The average Bonchev–Trinajstić information content (AvgIpc) is 2.55. The second-order valence-electron chi connectivity index (χ2n) is 3.57. The van der Waals surface area contributed by atoms with E-state index in [0.29, 0.717) is 18.7 Å². The lowest BCUT2D eigenvalue weighted by molar-refractivity contribution is 0.0685. The molecule has 0 radical (unpaired) electrons. The van der Waals surface area contributed by atoms with Gasteiger partial charge in [-0.05, 0) is 31.1 Å². The van der Waals surface area contributed by atoms with Crippen molar-refractivity contribution in [2.75, 3.05) is 0 Å². The Labute approximate surface area is 93.0 Å². The van der Waals surface area contributed by atoms with Gasteiger partial charge in [0, 0.05) is 12.2 Å². The molecular weight excluding hydrogens is 214 g/mol. The van der Waals surface area contributed by atoms with Crippen LogP contribution in [0.3, 0.4) is 0 Å². The van der Waals surface area contributed by atoms with E-state index in [9.17, 15) is 4.79 Å². The number of aromatic nitrogens is 1. The lowest BCUT2D eigenvalue weighted by Gasteiger charge is -2.12. The van der Waals surface area contributed by atoms with E-state index in [1.807, 2.05) is 19.1 Å². The molecule has 0 saturated carbocycles. The smallest absolute Gasteiger partial charge is 0.352 e. The van der Waals surface area contributed by atoms with Gasteiger partial charge in [-0.2, -0.15) is 0 Å². The highest BCUT2D eigenvalue weighted by Gasteiger charge is 2.20. The maximum absolute atomic E-state index is 11.0. The minimum atomic E-state index is -0.884. The van der Waals surface area contributed by atoms with Crippen LogP contribution in [0.25, 0.3) is 6.08 Å². The topological polar surface area (TPSA) is 42.2 Å². The van der Waals surface area contributed by atoms with Crippen LogP contribution < -0.4 is 0 Å². The fourth-order valence-electron chi connectivity index (χ4n) is 1.97. The fraction of sp³-hybridized carbons (Fsp3) is 0.364. The summed E-state index contributed by atoms with van der Waals surface area (Å²) >= 11 is 5.99. The van der Waals surface area contributed by atoms with Crippen molar-refractivity contribution < 1.29 is 9.90 Å². The van der Waals surface area contributed by atoms with Crippen LogP contribution in [0.15, 0.2) is 12.1 Å². The Morgan fingerprint density at radius 3 is 3.07 bits per heavy atom. The normalized spacial score (nSPS) is 18.9. The highest BCUT2D eigenvalue weighted by atomic mass is 35.5. The highest BCUT2D eigenvalue weighted by molar-refractivity contribution is 6.22. The molecule has 15 heavy (non-hydrogen) atoms. The van der Waals surface area contributed by atoms with E-state index >= 15 is 0 Å². The third kappa shape index (κ3) is 1.67.